The summed E-state index contributed by atoms with van der Waals surface area (Å²) in [6.07, 6.45) is 9.73. The average Bonchev–Trinajstić information content (AvgIpc) is 2.40. The van der Waals surface area contributed by atoms with Gasteiger partial charge in [0.25, 0.3) is 0 Å². The van der Waals surface area contributed by atoms with Crippen LogP contribution in [0, 0.1) is 0 Å². The first-order valence-electron chi connectivity index (χ1n) is 6.87. The molecule has 0 saturated heterocycles. The molecule has 92 valence electrons. The van der Waals surface area contributed by atoms with Crippen LogP contribution in [0.2, 0.25) is 0 Å². The van der Waals surface area contributed by atoms with E-state index >= 15 is 0 Å². The Hall–Kier alpha value is -1.08. The van der Waals surface area contributed by atoms with Crippen molar-refractivity contribution in [1.29, 1.82) is 0 Å². The molecule has 2 N–H and O–H groups in total. The van der Waals surface area contributed by atoms with Gasteiger partial charge in [-0.3, -0.25) is 0 Å². The summed E-state index contributed by atoms with van der Waals surface area (Å²) in [7, 11) is 0. The molecule has 1 atom stereocenters. The van der Waals surface area contributed by atoms with E-state index < -0.39 is 0 Å². The lowest BCUT2D eigenvalue weighted by atomic mass is 9.88. The fraction of sp³-hybridized carbons (Fsp3) is 0.500. The highest BCUT2D eigenvalue weighted by molar-refractivity contribution is 5.69. The highest BCUT2D eigenvalue weighted by atomic mass is 14.6. The van der Waals surface area contributed by atoms with E-state index in [0.717, 1.165) is 12.8 Å². The monoisotopic (exact) mass is 229 g/mol. The van der Waals surface area contributed by atoms with Gasteiger partial charge in [0, 0.05) is 6.04 Å². The Labute approximate surface area is 105 Å². The van der Waals surface area contributed by atoms with E-state index in [-0.39, 0.29) is 6.04 Å². The molecular weight excluding hydrogens is 206 g/mol. The Bertz CT molecular complexity index is 392. The summed E-state index contributed by atoms with van der Waals surface area (Å²) in [5, 5.41) is 0. The first-order chi connectivity index (χ1) is 8.33. The molecule has 1 heteroatoms. The number of allylic oxidation sites excluding steroid dienone is 2. The molecule has 0 radical (unpaired) electrons. The average molecular weight is 229 g/mol. The topological polar surface area (TPSA) is 26.0 Å². The van der Waals surface area contributed by atoms with Crippen molar-refractivity contribution in [2.45, 2.75) is 51.5 Å². The lowest BCUT2D eigenvalue weighted by Crippen LogP contribution is -2.12. The molecule has 1 aromatic rings. The molecule has 0 bridgehead atoms. The number of hydrogen-bond acceptors (Lipinski definition) is 1. The molecule has 2 rings (SSSR count). The van der Waals surface area contributed by atoms with Crippen molar-refractivity contribution in [2.24, 2.45) is 5.73 Å². The lowest BCUT2D eigenvalue weighted by molar-refractivity contribution is 0.636. The van der Waals surface area contributed by atoms with Crippen LogP contribution in [0.5, 0.6) is 0 Å². The van der Waals surface area contributed by atoms with Crippen LogP contribution in [0.1, 0.15) is 62.6 Å². The van der Waals surface area contributed by atoms with Gasteiger partial charge in [-0.1, -0.05) is 43.7 Å². The van der Waals surface area contributed by atoms with Crippen LogP contribution in [0.15, 0.2) is 30.3 Å². The molecule has 0 saturated carbocycles. The zero-order valence-corrected chi connectivity index (χ0v) is 10.8. The van der Waals surface area contributed by atoms with E-state index in [1.165, 1.54) is 42.4 Å². The number of rotatable bonds is 4. The third-order valence-electron chi connectivity index (χ3n) is 3.60. The maximum Gasteiger partial charge on any atom is 0.0300 e. The molecule has 0 fully saturated rings. The molecule has 1 aliphatic rings. The van der Waals surface area contributed by atoms with Gasteiger partial charge in [0.15, 0.2) is 0 Å². The summed E-state index contributed by atoms with van der Waals surface area (Å²) in [6, 6.07) is 8.87. The summed E-state index contributed by atoms with van der Waals surface area (Å²) in [4.78, 5) is 0. The fourth-order valence-electron chi connectivity index (χ4n) is 2.66. The van der Waals surface area contributed by atoms with E-state index in [1.54, 1.807) is 0 Å². The van der Waals surface area contributed by atoms with Crippen molar-refractivity contribution in [3.63, 3.8) is 0 Å². The van der Waals surface area contributed by atoms with E-state index in [0.29, 0.717) is 0 Å². The van der Waals surface area contributed by atoms with Crippen LogP contribution in [-0.4, -0.2) is 0 Å². The third kappa shape index (κ3) is 2.98. The SMILES string of the molecule is CCC[C@@H](N)c1ccccc1C1=CCCCC1. The maximum atomic E-state index is 6.29. The van der Waals surface area contributed by atoms with Crippen molar-refractivity contribution >= 4 is 5.57 Å². The molecule has 0 spiro atoms. The second-order valence-corrected chi connectivity index (χ2v) is 4.96. The van der Waals surface area contributed by atoms with Gasteiger partial charge < -0.3 is 5.73 Å². The molecule has 1 nitrogen and oxygen atoms in total. The van der Waals surface area contributed by atoms with E-state index in [1.807, 2.05) is 0 Å². The van der Waals surface area contributed by atoms with Crippen LogP contribution in [0.4, 0.5) is 0 Å². The van der Waals surface area contributed by atoms with Crippen LogP contribution >= 0.6 is 0 Å². The zero-order chi connectivity index (χ0) is 12.1. The summed E-state index contributed by atoms with van der Waals surface area (Å²) >= 11 is 0. The number of nitrogens with two attached hydrogens (primary N) is 1. The standard InChI is InChI=1S/C16H23N/c1-2-8-16(17)15-12-7-6-11-14(15)13-9-4-3-5-10-13/h6-7,9,11-12,16H,2-5,8,10,17H2,1H3/t16-/m1/s1. The Kier molecular flexibility index (Phi) is 4.38. The molecule has 17 heavy (non-hydrogen) atoms. The van der Waals surface area contributed by atoms with Gasteiger partial charge in [0.1, 0.15) is 0 Å². The molecular formula is C16H23N. The quantitative estimate of drug-likeness (QED) is 0.811. The van der Waals surface area contributed by atoms with E-state index in [9.17, 15) is 0 Å². The second-order valence-electron chi connectivity index (χ2n) is 4.96. The van der Waals surface area contributed by atoms with Gasteiger partial charge in [0.05, 0.1) is 0 Å². The molecule has 0 unspecified atom stereocenters. The normalized spacial score (nSPS) is 17.6. The third-order valence-corrected chi connectivity index (χ3v) is 3.60. The number of hydrogen-bond donors (Lipinski definition) is 1. The molecule has 0 aromatic heterocycles. The molecule has 0 aliphatic heterocycles. The van der Waals surface area contributed by atoms with Gasteiger partial charge in [-0.05, 0) is 48.8 Å². The summed E-state index contributed by atoms with van der Waals surface area (Å²) in [6.45, 7) is 2.20. The van der Waals surface area contributed by atoms with Crippen LogP contribution in [0.25, 0.3) is 5.57 Å². The Morgan fingerprint density at radius 1 is 1.24 bits per heavy atom. The van der Waals surface area contributed by atoms with Gasteiger partial charge in [-0.15, -0.1) is 0 Å². The first-order valence-corrected chi connectivity index (χ1v) is 6.87. The van der Waals surface area contributed by atoms with Crippen LogP contribution < -0.4 is 5.73 Å². The highest BCUT2D eigenvalue weighted by Gasteiger charge is 2.14. The first kappa shape index (κ1) is 12.4. The summed E-state index contributed by atoms with van der Waals surface area (Å²) in [5.41, 5.74) is 10.5. The van der Waals surface area contributed by atoms with Gasteiger partial charge >= 0.3 is 0 Å². The summed E-state index contributed by atoms with van der Waals surface area (Å²) < 4.78 is 0. The van der Waals surface area contributed by atoms with Crippen molar-refractivity contribution in [1.82, 2.24) is 0 Å². The van der Waals surface area contributed by atoms with E-state index in [4.69, 9.17) is 5.73 Å². The largest absolute Gasteiger partial charge is 0.324 e. The summed E-state index contributed by atoms with van der Waals surface area (Å²) in [5.74, 6) is 0. The molecule has 1 aliphatic carbocycles. The smallest absolute Gasteiger partial charge is 0.0300 e. The van der Waals surface area contributed by atoms with Gasteiger partial charge in [-0.25, -0.2) is 0 Å². The number of benzene rings is 1. The Balaban J connectivity index is 2.29. The second kappa shape index (κ2) is 6.02. The predicted molar refractivity (Wildman–Crippen MR) is 74.7 cm³/mol. The minimum absolute atomic E-state index is 0.194. The van der Waals surface area contributed by atoms with Crippen molar-refractivity contribution in [2.75, 3.05) is 0 Å². The van der Waals surface area contributed by atoms with Gasteiger partial charge in [-0.2, -0.15) is 0 Å². The predicted octanol–water partition coefficient (Wildman–Crippen LogP) is 4.44. The van der Waals surface area contributed by atoms with Crippen molar-refractivity contribution < 1.29 is 0 Å². The molecule has 0 amide bonds. The Morgan fingerprint density at radius 2 is 2.06 bits per heavy atom. The minimum Gasteiger partial charge on any atom is -0.324 e. The van der Waals surface area contributed by atoms with Crippen LogP contribution in [0.3, 0.4) is 0 Å². The maximum absolute atomic E-state index is 6.29. The zero-order valence-electron chi connectivity index (χ0n) is 10.8. The van der Waals surface area contributed by atoms with Gasteiger partial charge in [0.2, 0.25) is 0 Å². The van der Waals surface area contributed by atoms with Crippen LogP contribution in [-0.2, 0) is 0 Å². The Morgan fingerprint density at radius 3 is 2.76 bits per heavy atom. The molecule has 0 heterocycles. The molecule has 1 aromatic carbocycles. The lowest BCUT2D eigenvalue weighted by Gasteiger charge is -2.20. The van der Waals surface area contributed by atoms with Crippen molar-refractivity contribution in [3.8, 4) is 0 Å². The van der Waals surface area contributed by atoms with Crippen molar-refractivity contribution in [3.05, 3.63) is 41.5 Å². The highest BCUT2D eigenvalue weighted by Crippen LogP contribution is 2.32. The minimum atomic E-state index is 0.194. The fourth-order valence-corrected chi connectivity index (χ4v) is 2.66. The van der Waals surface area contributed by atoms with E-state index in [2.05, 4.69) is 37.3 Å².